The molecule has 2 aliphatic rings. The first-order valence-electron chi connectivity index (χ1n) is 10.1. The van der Waals surface area contributed by atoms with E-state index in [9.17, 15) is 29.5 Å². The number of carboxylic acid groups (broad SMARTS) is 2. The summed E-state index contributed by atoms with van der Waals surface area (Å²) in [6, 6.07) is -1.11. The number of carbonyl (C=O) groups is 4. The second-order valence-electron chi connectivity index (χ2n) is 7.34. The zero-order valence-electron chi connectivity index (χ0n) is 18.6. The van der Waals surface area contributed by atoms with Gasteiger partial charge in [-0.25, -0.2) is 9.59 Å². The topological polar surface area (TPSA) is 220 Å². The normalized spacial score (nSPS) is 19.3. The van der Waals surface area contributed by atoms with Crippen LogP contribution in [-0.2, 0) is 24.0 Å². The van der Waals surface area contributed by atoms with Gasteiger partial charge in [-0.15, -0.1) is 33.3 Å². The van der Waals surface area contributed by atoms with Gasteiger partial charge in [-0.05, 0) is 12.5 Å². The maximum Gasteiger partial charge on any atom is 0.352 e. The zero-order valence-corrected chi connectivity index (χ0v) is 21.9. The molecule has 15 nitrogen and oxygen atoms in total. The molecule has 1 saturated heterocycles. The first kappa shape index (κ1) is 26.6. The fourth-order valence-electron chi connectivity index (χ4n) is 3.32. The molecule has 2 aliphatic heterocycles. The van der Waals surface area contributed by atoms with Crippen molar-refractivity contribution in [2.75, 3.05) is 18.1 Å². The number of carbonyl (C=O) groups excluding carboxylic acids is 2. The summed E-state index contributed by atoms with van der Waals surface area (Å²) in [5.41, 5.74) is -0.452. The Morgan fingerprint density at radius 3 is 2.70 bits per heavy atom. The fourth-order valence-corrected chi connectivity index (χ4v) is 7.26. The summed E-state index contributed by atoms with van der Waals surface area (Å²) in [6.45, 7) is 0.926. The second kappa shape index (κ2) is 10.9. The molecule has 0 bridgehead atoms. The first-order chi connectivity index (χ1) is 17.6. The predicted molar refractivity (Wildman–Crippen MR) is 131 cm³/mol. The molecule has 5 N–H and O–H groups in total. The van der Waals surface area contributed by atoms with E-state index in [0.29, 0.717) is 26.1 Å². The number of aliphatic carboxylic acids is 2. The van der Waals surface area contributed by atoms with Crippen molar-refractivity contribution in [1.29, 1.82) is 5.41 Å². The molecule has 196 valence electrons. The molecule has 0 aliphatic carbocycles. The van der Waals surface area contributed by atoms with E-state index in [0.717, 1.165) is 21.2 Å². The quantitative estimate of drug-likeness (QED) is 0.0799. The van der Waals surface area contributed by atoms with Gasteiger partial charge in [-0.1, -0.05) is 28.3 Å². The van der Waals surface area contributed by atoms with Gasteiger partial charge >= 0.3 is 11.9 Å². The molecule has 4 rings (SSSR count). The molecular formula is C18H17N7O8S4. The molecule has 2 atom stereocenters. The highest BCUT2D eigenvalue weighted by Crippen LogP contribution is 2.41. The summed E-state index contributed by atoms with van der Waals surface area (Å²) in [6.07, 6.45) is 0. The highest BCUT2D eigenvalue weighted by Gasteiger charge is 2.54. The van der Waals surface area contributed by atoms with Crippen molar-refractivity contribution in [2.45, 2.75) is 22.7 Å². The van der Waals surface area contributed by atoms with E-state index in [1.54, 1.807) is 6.92 Å². The Hall–Kier alpha value is -3.42. The van der Waals surface area contributed by atoms with E-state index in [4.69, 9.17) is 10.5 Å². The van der Waals surface area contributed by atoms with Crippen LogP contribution < -0.4 is 10.1 Å². The number of amides is 2. The Morgan fingerprint density at radius 1 is 1.35 bits per heavy atom. The van der Waals surface area contributed by atoms with Gasteiger partial charge in [-0.3, -0.25) is 19.9 Å². The summed E-state index contributed by atoms with van der Waals surface area (Å²) >= 11 is 4.72. The van der Waals surface area contributed by atoms with Crippen LogP contribution in [0.3, 0.4) is 0 Å². The van der Waals surface area contributed by atoms with Crippen molar-refractivity contribution in [3.63, 3.8) is 0 Å². The molecular weight excluding hydrogens is 571 g/mol. The molecule has 2 amide bonds. The number of thiazole rings is 1. The molecule has 4 heterocycles. The number of oxime groups is 1. The first-order valence-corrected chi connectivity index (χ1v) is 13.8. The second-order valence-corrected chi connectivity index (χ2v) is 11.7. The monoisotopic (exact) mass is 587 g/mol. The van der Waals surface area contributed by atoms with Crippen LogP contribution in [-0.4, -0.2) is 94.2 Å². The highest BCUT2D eigenvalue weighted by atomic mass is 32.2. The lowest BCUT2D eigenvalue weighted by Gasteiger charge is -2.49. The number of nitrogens with zero attached hydrogens (tertiary/aromatic N) is 5. The Balaban J connectivity index is 1.51. The lowest BCUT2D eigenvalue weighted by atomic mass is 10.0. The van der Waals surface area contributed by atoms with Gasteiger partial charge in [0.15, 0.2) is 10.1 Å². The standard InChI is InChI=1S/C18H17N7O8S4/c1-6-21-22-18(37-6)36-4-7-3-34-15-11(14(29)24(15)12(7)16(30)31)20-13(28)10(23-33-2-9(26)27)8-5-35-17(19)25(8)32/h5,11,15,19,32H,2-4H2,1H3,(H,20,28)(H,26,27)(H,30,31)/t11-,15+/m1/s1. The van der Waals surface area contributed by atoms with E-state index in [1.807, 2.05) is 0 Å². The minimum Gasteiger partial charge on any atom is -0.479 e. The molecule has 0 unspecified atom stereocenters. The fraction of sp³-hybridized carbons (Fsp3) is 0.333. The number of rotatable bonds is 10. The molecule has 0 radical (unpaired) electrons. The molecule has 0 saturated carbocycles. The van der Waals surface area contributed by atoms with E-state index in [2.05, 4.69) is 25.5 Å². The van der Waals surface area contributed by atoms with E-state index in [-0.39, 0.29) is 16.2 Å². The Bertz CT molecular complexity index is 1400. The van der Waals surface area contributed by atoms with Crippen molar-refractivity contribution >= 4 is 75.7 Å². The third-order valence-electron chi connectivity index (χ3n) is 4.92. The Morgan fingerprint density at radius 2 is 2.11 bits per heavy atom. The number of aryl methyl sites for hydroxylation is 1. The number of thioether (sulfide) groups is 2. The Labute approximate surface area is 223 Å². The van der Waals surface area contributed by atoms with Gasteiger partial charge < -0.3 is 25.6 Å². The Kier molecular flexibility index (Phi) is 7.85. The number of fused-ring (bicyclic) bond motifs is 1. The molecule has 0 spiro atoms. The third kappa shape index (κ3) is 5.48. The van der Waals surface area contributed by atoms with Gasteiger partial charge in [0.05, 0.1) is 0 Å². The maximum atomic E-state index is 13.0. The lowest BCUT2D eigenvalue weighted by Crippen LogP contribution is -2.71. The van der Waals surface area contributed by atoms with Gasteiger partial charge in [-0.2, -0.15) is 4.73 Å². The van der Waals surface area contributed by atoms with Crippen LogP contribution in [0.1, 0.15) is 10.7 Å². The third-order valence-corrected chi connectivity index (χ3v) is 9.05. The maximum absolute atomic E-state index is 13.0. The summed E-state index contributed by atoms with van der Waals surface area (Å²) < 4.78 is 1.02. The average molecular weight is 588 g/mol. The number of carboxylic acids is 2. The summed E-state index contributed by atoms with van der Waals surface area (Å²) in [4.78, 5) is 54.1. The molecule has 0 aromatic carbocycles. The molecule has 19 heteroatoms. The van der Waals surface area contributed by atoms with Crippen LogP contribution in [0, 0.1) is 12.3 Å². The molecule has 2 aromatic rings. The largest absolute Gasteiger partial charge is 0.479 e. The van der Waals surface area contributed by atoms with E-state index < -0.39 is 47.5 Å². The van der Waals surface area contributed by atoms with Crippen LogP contribution in [0.2, 0.25) is 0 Å². The predicted octanol–water partition coefficient (Wildman–Crippen LogP) is -0.238. The summed E-state index contributed by atoms with van der Waals surface area (Å²) in [7, 11) is 0. The number of hydrogen-bond donors (Lipinski definition) is 5. The van der Waals surface area contributed by atoms with Crippen LogP contribution in [0.25, 0.3) is 0 Å². The van der Waals surface area contributed by atoms with Gasteiger partial charge in [0.1, 0.15) is 27.8 Å². The van der Waals surface area contributed by atoms with Crippen LogP contribution in [0.5, 0.6) is 0 Å². The average Bonchev–Trinajstić information content (AvgIpc) is 3.42. The van der Waals surface area contributed by atoms with Crippen molar-refractivity contribution in [2.24, 2.45) is 5.16 Å². The highest BCUT2D eigenvalue weighted by molar-refractivity contribution is 8.01. The number of nitrogens with one attached hydrogen (secondary N) is 2. The van der Waals surface area contributed by atoms with Crippen LogP contribution in [0.4, 0.5) is 0 Å². The summed E-state index contributed by atoms with van der Waals surface area (Å²) in [5, 5.41) is 51.3. The van der Waals surface area contributed by atoms with Crippen LogP contribution >= 0.6 is 46.2 Å². The number of β-lactam (4-membered cyclic amide) rings is 1. The summed E-state index contributed by atoms with van der Waals surface area (Å²) in [5.74, 6) is -3.71. The van der Waals surface area contributed by atoms with Crippen LogP contribution in [0.15, 0.2) is 26.1 Å². The number of aromatic nitrogens is 3. The van der Waals surface area contributed by atoms with Gasteiger partial charge in [0.25, 0.3) is 11.8 Å². The van der Waals surface area contributed by atoms with E-state index in [1.165, 1.54) is 40.2 Å². The van der Waals surface area contributed by atoms with Gasteiger partial charge in [0.2, 0.25) is 11.4 Å². The molecule has 2 aromatic heterocycles. The van der Waals surface area contributed by atoms with Gasteiger partial charge in [0, 0.05) is 16.9 Å². The SMILES string of the molecule is Cc1nnc(SCC2=C(C(=O)O)N3C(=O)[C@@H](NC(=O)C(=NOCC(=O)O)c4csc(=N)n4O)[C@@H]3SC2)s1. The molecule has 37 heavy (non-hydrogen) atoms. The zero-order chi connectivity index (χ0) is 26.9. The number of hydrogen-bond acceptors (Lipinski definition) is 14. The van der Waals surface area contributed by atoms with E-state index >= 15 is 0 Å². The smallest absolute Gasteiger partial charge is 0.352 e. The lowest BCUT2D eigenvalue weighted by molar-refractivity contribution is -0.150. The van der Waals surface area contributed by atoms with Crippen molar-refractivity contribution in [3.05, 3.63) is 32.2 Å². The van der Waals surface area contributed by atoms with Crippen molar-refractivity contribution in [3.8, 4) is 0 Å². The van der Waals surface area contributed by atoms with Crippen molar-refractivity contribution in [1.82, 2.24) is 25.1 Å². The van der Waals surface area contributed by atoms with Crippen molar-refractivity contribution < 1.29 is 39.4 Å². The minimum absolute atomic E-state index is 0.156. The minimum atomic E-state index is -1.36. The molecule has 1 fully saturated rings.